The van der Waals surface area contributed by atoms with E-state index in [2.05, 4.69) is 0 Å². The van der Waals surface area contributed by atoms with Crippen molar-refractivity contribution in [3.63, 3.8) is 0 Å². The Kier molecular flexibility index (Phi) is 3.53. The Morgan fingerprint density at radius 2 is 1.94 bits per heavy atom. The highest BCUT2D eigenvalue weighted by atomic mass is 19.4. The first kappa shape index (κ1) is 13.5. The number of rotatable bonds is 2. The summed E-state index contributed by atoms with van der Waals surface area (Å²) in [6.07, 6.45) is -5.39. The van der Waals surface area contributed by atoms with Crippen LogP contribution in [-0.4, -0.2) is 4.92 Å². The van der Waals surface area contributed by atoms with Crippen molar-refractivity contribution in [2.24, 2.45) is 0 Å². The molecule has 0 saturated carbocycles. The van der Waals surface area contributed by atoms with Crippen molar-refractivity contribution in [3.8, 4) is 12.1 Å². The minimum Gasteiger partial charge on any atom is -0.258 e. The third-order valence-corrected chi connectivity index (χ3v) is 2.10. The Labute approximate surface area is 98.8 Å². The number of hydrogen-bond donors (Lipinski definition) is 0. The molecule has 1 aromatic rings. The van der Waals surface area contributed by atoms with Gasteiger partial charge in [0.05, 0.1) is 28.5 Å². The van der Waals surface area contributed by atoms with Gasteiger partial charge in [-0.05, 0) is 5.56 Å². The van der Waals surface area contributed by atoms with E-state index in [0.29, 0.717) is 6.07 Å². The molecule has 0 aromatic heterocycles. The fraction of sp³-hybridized carbons (Fsp3) is 0.200. The molecule has 0 spiro atoms. The van der Waals surface area contributed by atoms with Gasteiger partial charge in [0, 0.05) is 12.1 Å². The number of hydrogen-bond acceptors (Lipinski definition) is 4. The van der Waals surface area contributed by atoms with E-state index in [4.69, 9.17) is 10.5 Å². The number of halogens is 3. The maximum absolute atomic E-state index is 12.6. The second kappa shape index (κ2) is 4.72. The van der Waals surface area contributed by atoms with E-state index in [1.165, 1.54) is 6.07 Å². The molecule has 0 amide bonds. The quantitative estimate of drug-likeness (QED) is 0.599. The normalized spacial score (nSPS) is 10.5. The number of nitro groups is 1. The highest BCUT2D eigenvalue weighted by molar-refractivity contribution is 5.53. The molecule has 0 bridgehead atoms. The van der Waals surface area contributed by atoms with E-state index in [1.54, 1.807) is 6.07 Å². The van der Waals surface area contributed by atoms with Gasteiger partial charge in [-0.15, -0.1) is 0 Å². The van der Waals surface area contributed by atoms with Crippen molar-refractivity contribution in [2.75, 3.05) is 0 Å². The predicted molar refractivity (Wildman–Crippen MR) is 52.1 cm³/mol. The van der Waals surface area contributed by atoms with Crippen molar-refractivity contribution in [1.82, 2.24) is 0 Å². The summed E-state index contributed by atoms with van der Waals surface area (Å²) in [6.45, 7) is 0. The number of non-ortho nitro benzene ring substituents is 1. The minimum atomic E-state index is -4.89. The summed E-state index contributed by atoms with van der Waals surface area (Å²) in [5, 5.41) is 27.7. The van der Waals surface area contributed by atoms with Crippen molar-refractivity contribution >= 4 is 5.69 Å². The predicted octanol–water partition coefficient (Wildman–Crippen LogP) is 2.55. The van der Waals surface area contributed by atoms with Crippen LogP contribution in [0.3, 0.4) is 0 Å². The molecule has 0 fully saturated rings. The molecule has 0 aliphatic carbocycles. The molecule has 0 saturated heterocycles. The van der Waals surface area contributed by atoms with Crippen LogP contribution in [0.25, 0.3) is 0 Å². The maximum atomic E-state index is 12.6. The number of benzene rings is 1. The number of nitrogens with zero attached hydrogens (tertiary/aromatic N) is 3. The SMILES string of the molecule is N#CCc1cc([N+](=O)[O-])cc(C(F)(F)F)c1C#N. The number of nitriles is 2. The van der Waals surface area contributed by atoms with Gasteiger partial charge in [0.2, 0.25) is 0 Å². The van der Waals surface area contributed by atoms with Crippen LogP contribution in [0.15, 0.2) is 12.1 Å². The molecule has 18 heavy (non-hydrogen) atoms. The van der Waals surface area contributed by atoms with Gasteiger partial charge < -0.3 is 0 Å². The van der Waals surface area contributed by atoms with Crippen LogP contribution in [0, 0.1) is 32.8 Å². The van der Waals surface area contributed by atoms with Crippen LogP contribution in [0.1, 0.15) is 16.7 Å². The first-order valence-corrected chi connectivity index (χ1v) is 4.46. The van der Waals surface area contributed by atoms with Gasteiger partial charge in [0.25, 0.3) is 5.69 Å². The summed E-state index contributed by atoms with van der Waals surface area (Å²) in [7, 11) is 0. The van der Waals surface area contributed by atoms with Gasteiger partial charge in [-0.3, -0.25) is 10.1 Å². The van der Waals surface area contributed by atoms with Gasteiger partial charge in [0.1, 0.15) is 6.07 Å². The number of alkyl halides is 3. The summed E-state index contributed by atoms with van der Waals surface area (Å²) >= 11 is 0. The topological polar surface area (TPSA) is 90.7 Å². The van der Waals surface area contributed by atoms with E-state index >= 15 is 0 Å². The summed E-state index contributed by atoms with van der Waals surface area (Å²) in [5.74, 6) is 0. The average molecular weight is 255 g/mol. The Balaban J connectivity index is 3.64. The first-order chi connectivity index (χ1) is 8.31. The van der Waals surface area contributed by atoms with Crippen LogP contribution in [-0.2, 0) is 12.6 Å². The van der Waals surface area contributed by atoms with Crippen molar-refractivity contribution < 1.29 is 18.1 Å². The molecule has 0 radical (unpaired) electrons. The molecule has 1 aromatic carbocycles. The zero-order valence-corrected chi connectivity index (χ0v) is 8.65. The lowest BCUT2D eigenvalue weighted by molar-refractivity contribution is -0.385. The Morgan fingerprint density at radius 3 is 2.33 bits per heavy atom. The molecule has 0 N–H and O–H groups in total. The highest BCUT2D eigenvalue weighted by Gasteiger charge is 2.36. The lowest BCUT2D eigenvalue weighted by atomic mass is 9.98. The van der Waals surface area contributed by atoms with Gasteiger partial charge >= 0.3 is 6.18 Å². The monoisotopic (exact) mass is 255 g/mol. The molecular formula is C10H4F3N3O2. The van der Waals surface area contributed by atoms with Crippen LogP contribution in [0.2, 0.25) is 0 Å². The van der Waals surface area contributed by atoms with Crippen LogP contribution < -0.4 is 0 Å². The largest absolute Gasteiger partial charge is 0.417 e. The molecule has 0 aliphatic heterocycles. The number of nitro benzene ring substituents is 1. The van der Waals surface area contributed by atoms with Gasteiger partial charge in [-0.2, -0.15) is 23.7 Å². The van der Waals surface area contributed by atoms with Crippen molar-refractivity contribution in [3.05, 3.63) is 38.9 Å². The summed E-state index contributed by atoms with van der Waals surface area (Å²) in [5.41, 5.74) is -3.26. The first-order valence-electron chi connectivity index (χ1n) is 4.46. The van der Waals surface area contributed by atoms with E-state index in [-0.39, 0.29) is 5.56 Å². The summed E-state index contributed by atoms with van der Waals surface area (Å²) < 4.78 is 37.9. The third kappa shape index (κ3) is 2.55. The Morgan fingerprint density at radius 1 is 1.33 bits per heavy atom. The Hall–Kier alpha value is -2.61. The zero-order chi connectivity index (χ0) is 13.9. The second-order valence-electron chi connectivity index (χ2n) is 3.23. The minimum absolute atomic E-state index is 0.291. The molecule has 5 nitrogen and oxygen atoms in total. The molecule has 0 atom stereocenters. The molecule has 92 valence electrons. The lowest BCUT2D eigenvalue weighted by Gasteiger charge is -2.10. The van der Waals surface area contributed by atoms with Gasteiger partial charge in [-0.25, -0.2) is 0 Å². The summed E-state index contributed by atoms with van der Waals surface area (Å²) in [6, 6.07) is 3.98. The van der Waals surface area contributed by atoms with Crippen LogP contribution >= 0.6 is 0 Å². The smallest absolute Gasteiger partial charge is 0.258 e. The maximum Gasteiger partial charge on any atom is 0.417 e. The Bertz CT molecular complexity index is 582. The van der Waals surface area contributed by atoms with Crippen molar-refractivity contribution in [1.29, 1.82) is 10.5 Å². The fourth-order valence-electron chi connectivity index (χ4n) is 1.37. The van der Waals surface area contributed by atoms with Gasteiger partial charge in [-0.1, -0.05) is 0 Å². The summed E-state index contributed by atoms with van der Waals surface area (Å²) in [4.78, 5) is 9.51. The van der Waals surface area contributed by atoms with E-state index in [0.717, 1.165) is 6.07 Å². The molecule has 0 heterocycles. The molecule has 1 rings (SSSR count). The van der Waals surface area contributed by atoms with E-state index in [1.807, 2.05) is 0 Å². The molecule has 0 unspecified atom stereocenters. The average Bonchev–Trinajstić information content (AvgIpc) is 2.27. The van der Waals surface area contributed by atoms with Crippen LogP contribution in [0.4, 0.5) is 18.9 Å². The van der Waals surface area contributed by atoms with E-state index < -0.39 is 34.3 Å². The zero-order valence-electron chi connectivity index (χ0n) is 8.65. The van der Waals surface area contributed by atoms with Gasteiger partial charge in [0.15, 0.2) is 0 Å². The van der Waals surface area contributed by atoms with Crippen LogP contribution in [0.5, 0.6) is 0 Å². The lowest BCUT2D eigenvalue weighted by Crippen LogP contribution is -2.11. The second-order valence-corrected chi connectivity index (χ2v) is 3.23. The third-order valence-electron chi connectivity index (χ3n) is 2.10. The molecule has 8 heteroatoms. The highest BCUT2D eigenvalue weighted by Crippen LogP contribution is 2.36. The van der Waals surface area contributed by atoms with E-state index in [9.17, 15) is 23.3 Å². The molecular weight excluding hydrogens is 251 g/mol. The fourth-order valence-corrected chi connectivity index (χ4v) is 1.37. The molecule has 0 aliphatic rings. The van der Waals surface area contributed by atoms with Crippen molar-refractivity contribution in [2.45, 2.75) is 12.6 Å². The standard InChI is InChI=1S/C10H4F3N3O2/c11-10(12,13)9-4-7(16(17)18)3-6(1-2-14)8(9)5-15/h3-4H,1H2.